The standard InChI is InChI=1S/C8H10Cl2N4/c1-5-2-3-14(4-5)7-6(9)12-13-8(10)11-7/h5H,2-4H2,1H3. The molecule has 6 heteroatoms. The van der Waals surface area contributed by atoms with Crippen LogP contribution in [0.15, 0.2) is 0 Å². The van der Waals surface area contributed by atoms with Crippen LogP contribution in [0.25, 0.3) is 0 Å². The molecule has 2 heterocycles. The van der Waals surface area contributed by atoms with Gasteiger partial charge in [-0.2, -0.15) is 4.98 Å². The van der Waals surface area contributed by atoms with Crippen molar-refractivity contribution in [3.63, 3.8) is 0 Å². The highest BCUT2D eigenvalue weighted by molar-refractivity contribution is 6.32. The van der Waals surface area contributed by atoms with Crippen molar-refractivity contribution in [1.29, 1.82) is 0 Å². The number of rotatable bonds is 1. The number of aromatic nitrogens is 3. The molecule has 2 rings (SSSR count). The van der Waals surface area contributed by atoms with E-state index in [-0.39, 0.29) is 5.28 Å². The molecule has 1 aromatic rings. The zero-order chi connectivity index (χ0) is 10.1. The number of hydrogen-bond acceptors (Lipinski definition) is 4. The van der Waals surface area contributed by atoms with E-state index in [2.05, 4.69) is 27.0 Å². The van der Waals surface area contributed by atoms with Crippen LogP contribution in [0.2, 0.25) is 10.4 Å². The van der Waals surface area contributed by atoms with Gasteiger partial charge in [-0.05, 0) is 23.9 Å². The normalized spacial score (nSPS) is 21.6. The number of nitrogens with zero attached hydrogens (tertiary/aromatic N) is 4. The molecular weight excluding hydrogens is 223 g/mol. The molecule has 4 nitrogen and oxygen atoms in total. The van der Waals surface area contributed by atoms with Crippen molar-refractivity contribution in [2.24, 2.45) is 5.92 Å². The number of hydrogen-bond donors (Lipinski definition) is 0. The fraction of sp³-hybridized carbons (Fsp3) is 0.625. The molecule has 1 unspecified atom stereocenters. The largest absolute Gasteiger partial charge is 0.354 e. The Morgan fingerprint density at radius 1 is 1.36 bits per heavy atom. The molecule has 1 atom stereocenters. The molecule has 14 heavy (non-hydrogen) atoms. The molecule has 1 saturated heterocycles. The zero-order valence-electron chi connectivity index (χ0n) is 7.74. The van der Waals surface area contributed by atoms with Crippen molar-refractivity contribution in [2.45, 2.75) is 13.3 Å². The molecule has 0 spiro atoms. The van der Waals surface area contributed by atoms with Crippen LogP contribution in [0.3, 0.4) is 0 Å². The van der Waals surface area contributed by atoms with Crippen LogP contribution in [0, 0.1) is 5.92 Å². The second-order valence-electron chi connectivity index (χ2n) is 3.54. The molecule has 0 bridgehead atoms. The van der Waals surface area contributed by atoms with Crippen molar-refractivity contribution in [3.05, 3.63) is 10.4 Å². The summed E-state index contributed by atoms with van der Waals surface area (Å²) in [6.45, 7) is 4.11. The van der Waals surface area contributed by atoms with Gasteiger partial charge >= 0.3 is 0 Å². The van der Waals surface area contributed by atoms with Crippen LogP contribution in [0.5, 0.6) is 0 Å². The third-order valence-electron chi connectivity index (χ3n) is 2.33. The smallest absolute Gasteiger partial charge is 0.245 e. The number of halogens is 2. The summed E-state index contributed by atoms with van der Waals surface area (Å²) in [5, 5.41) is 7.77. The minimum atomic E-state index is 0.143. The van der Waals surface area contributed by atoms with E-state index in [1.807, 2.05) is 0 Å². The van der Waals surface area contributed by atoms with Gasteiger partial charge in [-0.1, -0.05) is 18.5 Å². The first-order chi connectivity index (χ1) is 6.66. The molecule has 76 valence electrons. The SMILES string of the molecule is CC1CCN(c2nc(Cl)nnc2Cl)C1. The molecule has 0 saturated carbocycles. The van der Waals surface area contributed by atoms with Crippen LogP contribution in [-0.4, -0.2) is 28.3 Å². The topological polar surface area (TPSA) is 41.9 Å². The highest BCUT2D eigenvalue weighted by Crippen LogP contribution is 2.26. The Labute approximate surface area is 92.2 Å². The first-order valence-electron chi connectivity index (χ1n) is 4.47. The Bertz CT molecular complexity index is 344. The van der Waals surface area contributed by atoms with Gasteiger partial charge in [0.2, 0.25) is 5.28 Å². The van der Waals surface area contributed by atoms with Gasteiger partial charge in [-0.3, -0.25) is 0 Å². The fourth-order valence-electron chi connectivity index (χ4n) is 1.61. The maximum Gasteiger partial charge on any atom is 0.245 e. The second-order valence-corrected chi connectivity index (χ2v) is 4.23. The molecule has 0 amide bonds. The maximum absolute atomic E-state index is 5.89. The van der Waals surface area contributed by atoms with E-state index in [9.17, 15) is 0 Å². The summed E-state index contributed by atoms with van der Waals surface area (Å²) < 4.78 is 0. The van der Waals surface area contributed by atoms with Crippen LogP contribution >= 0.6 is 23.2 Å². The highest BCUT2D eigenvalue weighted by Gasteiger charge is 2.22. The molecule has 0 aromatic carbocycles. The van der Waals surface area contributed by atoms with Crippen molar-refractivity contribution in [1.82, 2.24) is 15.2 Å². The lowest BCUT2D eigenvalue weighted by atomic mass is 10.2. The third-order valence-corrected chi connectivity index (χ3v) is 2.73. The molecular formula is C8H10Cl2N4. The fourth-order valence-corrected chi connectivity index (χ4v) is 1.93. The van der Waals surface area contributed by atoms with Crippen LogP contribution in [0.1, 0.15) is 13.3 Å². The molecule has 0 N–H and O–H groups in total. The summed E-state index contributed by atoms with van der Waals surface area (Å²) in [7, 11) is 0. The van der Waals surface area contributed by atoms with Gasteiger partial charge in [0, 0.05) is 13.1 Å². The van der Waals surface area contributed by atoms with Crippen molar-refractivity contribution < 1.29 is 0 Å². The van der Waals surface area contributed by atoms with E-state index >= 15 is 0 Å². The van der Waals surface area contributed by atoms with Crippen LogP contribution in [-0.2, 0) is 0 Å². The van der Waals surface area contributed by atoms with Crippen molar-refractivity contribution in [3.8, 4) is 0 Å². The Morgan fingerprint density at radius 2 is 2.14 bits per heavy atom. The summed E-state index contributed by atoms with van der Waals surface area (Å²) in [5.41, 5.74) is 0. The van der Waals surface area contributed by atoms with Gasteiger partial charge in [0.1, 0.15) is 0 Å². The molecule has 1 aliphatic heterocycles. The monoisotopic (exact) mass is 232 g/mol. The van der Waals surface area contributed by atoms with E-state index in [1.165, 1.54) is 0 Å². The summed E-state index contributed by atoms with van der Waals surface area (Å²) in [4.78, 5) is 6.17. The molecule has 0 radical (unpaired) electrons. The van der Waals surface area contributed by atoms with E-state index in [0.29, 0.717) is 16.9 Å². The molecule has 1 fully saturated rings. The highest BCUT2D eigenvalue weighted by atomic mass is 35.5. The summed E-state index contributed by atoms with van der Waals surface area (Å²) in [6, 6.07) is 0. The van der Waals surface area contributed by atoms with E-state index in [4.69, 9.17) is 23.2 Å². The third kappa shape index (κ3) is 1.91. The lowest BCUT2D eigenvalue weighted by Crippen LogP contribution is -2.21. The van der Waals surface area contributed by atoms with Gasteiger partial charge < -0.3 is 4.90 Å². The summed E-state index contributed by atoms with van der Waals surface area (Å²) in [6.07, 6.45) is 1.15. The van der Waals surface area contributed by atoms with Crippen LogP contribution in [0.4, 0.5) is 5.82 Å². The minimum absolute atomic E-state index is 0.143. The zero-order valence-corrected chi connectivity index (χ0v) is 9.26. The quantitative estimate of drug-likeness (QED) is 0.744. The van der Waals surface area contributed by atoms with Gasteiger partial charge in [0.15, 0.2) is 11.0 Å². The Hall–Kier alpha value is -0.610. The Morgan fingerprint density at radius 3 is 2.79 bits per heavy atom. The predicted octanol–water partition coefficient (Wildman–Crippen LogP) is 2.02. The Kier molecular flexibility index (Phi) is 2.74. The molecule has 0 aliphatic carbocycles. The molecule has 1 aliphatic rings. The number of anilines is 1. The van der Waals surface area contributed by atoms with E-state index in [1.54, 1.807) is 0 Å². The predicted molar refractivity (Wildman–Crippen MR) is 55.8 cm³/mol. The first-order valence-corrected chi connectivity index (χ1v) is 5.23. The average molecular weight is 233 g/mol. The summed E-state index contributed by atoms with van der Waals surface area (Å²) in [5.74, 6) is 1.32. The average Bonchev–Trinajstić information content (AvgIpc) is 2.56. The van der Waals surface area contributed by atoms with Gasteiger partial charge in [-0.25, -0.2) is 0 Å². The summed E-state index contributed by atoms with van der Waals surface area (Å²) >= 11 is 11.5. The van der Waals surface area contributed by atoms with Gasteiger partial charge in [0.25, 0.3) is 0 Å². The van der Waals surface area contributed by atoms with Crippen LogP contribution < -0.4 is 4.90 Å². The van der Waals surface area contributed by atoms with E-state index in [0.717, 1.165) is 19.5 Å². The van der Waals surface area contributed by atoms with E-state index < -0.39 is 0 Å². The minimum Gasteiger partial charge on any atom is -0.354 e. The second kappa shape index (κ2) is 3.87. The van der Waals surface area contributed by atoms with Gasteiger partial charge in [-0.15, -0.1) is 10.2 Å². The Balaban J connectivity index is 2.27. The van der Waals surface area contributed by atoms with Crippen molar-refractivity contribution >= 4 is 29.0 Å². The van der Waals surface area contributed by atoms with Crippen molar-refractivity contribution in [2.75, 3.05) is 18.0 Å². The lowest BCUT2D eigenvalue weighted by molar-refractivity contribution is 0.658. The maximum atomic E-state index is 5.89. The van der Waals surface area contributed by atoms with Gasteiger partial charge in [0.05, 0.1) is 0 Å². The first kappa shape index (κ1) is 9.93. The lowest BCUT2D eigenvalue weighted by Gasteiger charge is -2.16. The molecule has 1 aromatic heterocycles.